The Morgan fingerprint density at radius 2 is 1.87 bits per heavy atom. The second-order valence-corrected chi connectivity index (χ2v) is 9.00. The molecule has 31 heavy (non-hydrogen) atoms. The molecule has 2 amide bonds. The van der Waals surface area contributed by atoms with Crippen molar-refractivity contribution in [2.45, 2.75) is 52.2 Å². The van der Waals surface area contributed by atoms with Crippen LogP contribution < -0.4 is 5.32 Å². The van der Waals surface area contributed by atoms with Gasteiger partial charge in [-0.25, -0.2) is 0 Å². The number of carbonyl (C=O) groups is 2. The summed E-state index contributed by atoms with van der Waals surface area (Å²) < 4.78 is 6.12. The molecule has 1 aromatic heterocycles. The van der Waals surface area contributed by atoms with E-state index in [9.17, 15) is 9.59 Å². The zero-order chi connectivity index (χ0) is 22.4. The molecule has 0 saturated carbocycles. The molecule has 0 unspecified atom stereocenters. The van der Waals surface area contributed by atoms with Gasteiger partial charge < -0.3 is 15.0 Å². The highest BCUT2D eigenvalue weighted by atomic mass is 16.5. The van der Waals surface area contributed by atoms with Crippen LogP contribution >= 0.6 is 0 Å². The first-order chi connectivity index (χ1) is 14.8. The van der Waals surface area contributed by atoms with E-state index in [0.29, 0.717) is 26.0 Å². The van der Waals surface area contributed by atoms with Crippen molar-refractivity contribution in [2.24, 2.45) is 5.92 Å². The summed E-state index contributed by atoms with van der Waals surface area (Å²) in [6.07, 6.45) is 4.46. The molecule has 0 radical (unpaired) electrons. The SMILES string of the molecule is CC(C)CC(=O)N1CCO[C@](Cc2ccc(-c3cccnc3)cc2)(C(=O)NC(C)C)C1. The zero-order valence-electron chi connectivity index (χ0n) is 18.9. The zero-order valence-corrected chi connectivity index (χ0v) is 18.9. The van der Waals surface area contributed by atoms with Crippen LogP contribution in [0.25, 0.3) is 11.1 Å². The maximum absolute atomic E-state index is 13.2. The number of carbonyl (C=O) groups excluding carboxylic acids is 2. The number of rotatable bonds is 7. The molecule has 1 saturated heterocycles. The summed E-state index contributed by atoms with van der Waals surface area (Å²) in [5.41, 5.74) is 2.01. The third-order valence-electron chi connectivity index (χ3n) is 5.39. The van der Waals surface area contributed by atoms with Crippen LogP contribution in [-0.4, -0.2) is 53.0 Å². The second-order valence-electron chi connectivity index (χ2n) is 9.00. The Morgan fingerprint density at radius 1 is 1.13 bits per heavy atom. The highest BCUT2D eigenvalue weighted by molar-refractivity contribution is 5.87. The van der Waals surface area contributed by atoms with Crippen molar-refractivity contribution in [3.05, 3.63) is 54.4 Å². The van der Waals surface area contributed by atoms with Crippen LogP contribution in [0.2, 0.25) is 0 Å². The van der Waals surface area contributed by atoms with Crippen LogP contribution in [-0.2, 0) is 20.7 Å². The van der Waals surface area contributed by atoms with Gasteiger partial charge in [0.15, 0.2) is 5.60 Å². The van der Waals surface area contributed by atoms with Gasteiger partial charge in [-0.15, -0.1) is 0 Å². The molecule has 6 heteroatoms. The maximum atomic E-state index is 13.2. The number of morpholine rings is 1. The van der Waals surface area contributed by atoms with E-state index in [2.05, 4.69) is 10.3 Å². The van der Waals surface area contributed by atoms with Gasteiger partial charge in [-0.05, 0) is 42.5 Å². The lowest BCUT2D eigenvalue weighted by atomic mass is 9.90. The minimum atomic E-state index is -1.09. The standard InChI is InChI=1S/C25H33N3O3/c1-18(2)14-23(29)28-12-13-31-25(17-28,24(30)27-19(3)4)15-20-7-9-21(10-8-20)22-6-5-11-26-16-22/h5-11,16,18-19H,12-15,17H2,1-4H3,(H,27,30)/t25-/m0/s1. The number of nitrogens with zero attached hydrogens (tertiary/aromatic N) is 2. The minimum absolute atomic E-state index is 0.0114. The highest BCUT2D eigenvalue weighted by Gasteiger charge is 2.45. The lowest BCUT2D eigenvalue weighted by molar-refractivity contribution is -0.166. The average molecular weight is 424 g/mol. The van der Waals surface area contributed by atoms with Gasteiger partial charge in [0.1, 0.15) is 0 Å². The molecule has 0 spiro atoms. The van der Waals surface area contributed by atoms with Gasteiger partial charge in [0.2, 0.25) is 5.91 Å². The molecule has 2 heterocycles. The van der Waals surface area contributed by atoms with Crippen molar-refractivity contribution >= 4 is 11.8 Å². The molecule has 1 aromatic carbocycles. The monoisotopic (exact) mass is 423 g/mol. The molecule has 0 bridgehead atoms. The predicted molar refractivity (Wildman–Crippen MR) is 121 cm³/mol. The van der Waals surface area contributed by atoms with Crippen LogP contribution in [0, 0.1) is 5.92 Å². The number of amides is 2. The molecule has 0 aliphatic carbocycles. The third-order valence-corrected chi connectivity index (χ3v) is 5.39. The number of pyridine rings is 1. The Hall–Kier alpha value is -2.73. The Morgan fingerprint density at radius 3 is 2.48 bits per heavy atom. The number of aromatic nitrogens is 1. The smallest absolute Gasteiger partial charge is 0.254 e. The fraction of sp³-hybridized carbons (Fsp3) is 0.480. The van der Waals surface area contributed by atoms with Crippen LogP contribution in [0.4, 0.5) is 0 Å². The molecule has 1 atom stereocenters. The summed E-state index contributed by atoms with van der Waals surface area (Å²) in [5.74, 6) is 0.182. The molecule has 1 aliphatic heterocycles. The fourth-order valence-electron chi connectivity index (χ4n) is 3.87. The molecule has 1 aliphatic rings. The average Bonchev–Trinajstić information content (AvgIpc) is 2.74. The van der Waals surface area contributed by atoms with E-state index in [-0.39, 0.29) is 30.3 Å². The maximum Gasteiger partial charge on any atom is 0.254 e. The van der Waals surface area contributed by atoms with E-state index in [1.165, 1.54) is 0 Å². The number of hydrogen-bond acceptors (Lipinski definition) is 4. The molecule has 1 N–H and O–H groups in total. The molecular formula is C25H33N3O3. The molecular weight excluding hydrogens is 390 g/mol. The van der Waals surface area contributed by atoms with Crippen molar-refractivity contribution in [3.8, 4) is 11.1 Å². The number of hydrogen-bond donors (Lipinski definition) is 1. The van der Waals surface area contributed by atoms with E-state index < -0.39 is 5.60 Å². The topological polar surface area (TPSA) is 71.5 Å². The molecule has 1 fully saturated rings. The normalized spacial score (nSPS) is 19.0. The molecule has 2 aromatic rings. The van der Waals surface area contributed by atoms with Crippen LogP contribution in [0.15, 0.2) is 48.8 Å². The lowest BCUT2D eigenvalue weighted by Crippen LogP contribution is -2.62. The van der Waals surface area contributed by atoms with Gasteiger partial charge in [-0.1, -0.05) is 44.2 Å². The highest BCUT2D eigenvalue weighted by Crippen LogP contribution is 2.27. The molecule has 6 nitrogen and oxygen atoms in total. The van der Waals surface area contributed by atoms with Crippen molar-refractivity contribution in [1.82, 2.24) is 15.2 Å². The molecule has 3 rings (SSSR count). The third kappa shape index (κ3) is 5.91. The van der Waals surface area contributed by atoms with Gasteiger partial charge >= 0.3 is 0 Å². The first-order valence-electron chi connectivity index (χ1n) is 11.0. The lowest BCUT2D eigenvalue weighted by Gasteiger charge is -2.42. The van der Waals surface area contributed by atoms with E-state index in [0.717, 1.165) is 16.7 Å². The van der Waals surface area contributed by atoms with E-state index in [1.807, 2.05) is 70.3 Å². The molecule has 166 valence electrons. The van der Waals surface area contributed by atoms with Crippen LogP contribution in [0.3, 0.4) is 0 Å². The van der Waals surface area contributed by atoms with Crippen LogP contribution in [0.1, 0.15) is 39.7 Å². The van der Waals surface area contributed by atoms with Crippen molar-refractivity contribution < 1.29 is 14.3 Å². The summed E-state index contributed by atoms with van der Waals surface area (Å²) in [7, 11) is 0. The largest absolute Gasteiger partial charge is 0.361 e. The summed E-state index contributed by atoms with van der Waals surface area (Å²) in [6.45, 7) is 9.05. The summed E-state index contributed by atoms with van der Waals surface area (Å²) >= 11 is 0. The van der Waals surface area contributed by atoms with E-state index in [4.69, 9.17) is 4.74 Å². The quantitative estimate of drug-likeness (QED) is 0.740. The first kappa shape index (κ1) is 22.9. The van der Waals surface area contributed by atoms with Crippen molar-refractivity contribution in [3.63, 3.8) is 0 Å². The second kappa shape index (κ2) is 10.1. The first-order valence-corrected chi connectivity index (χ1v) is 11.0. The predicted octanol–water partition coefficient (Wildman–Crippen LogP) is 3.46. The number of nitrogens with one attached hydrogen (secondary N) is 1. The van der Waals surface area contributed by atoms with Gasteiger partial charge in [-0.3, -0.25) is 14.6 Å². The van der Waals surface area contributed by atoms with E-state index in [1.54, 1.807) is 11.1 Å². The summed E-state index contributed by atoms with van der Waals surface area (Å²) in [6, 6.07) is 12.0. The van der Waals surface area contributed by atoms with Crippen molar-refractivity contribution in [1.29, 1.82) is 0 Å². The number of ether oxygens (including phenoxy) is 1. The van der Waals surface area contributed by atoms with Gasteiger partial charge in [0.05, 0.1) is 13.2 Å². The van der Waals surface area contributed by atoms with Gasteiger partial charge in [-0.2, -0.15) is 0 Å². The Bertz CT molecular complexity index is 881. The summed E-state index contributed by atoms with van der Waals surface area (Å²) in [5, 5.41) is 3.00. The Balaban J connectivity index is 1.83. The fourth-order valence-corrected chi connectivity index (χ4v) is 3.87. The summed E-state index contributed by atoms with van der Waals surface area (Å²) in [4.78, 5) is 31.9. The van der Waals surface area contributed by atoms with Gasteiger partial charge in [0.25, 0.3) is 5.91 Å². The number of benzene rings is 1. The van der Waals surface area contributed by atoms with Gasteiger partial charge in [0, 0.05) is 37.8 Å². The Kier molecular flexibility index (Phi) is 7.44. The van der Waals surface area contributed by atoms with Crippen molar-refractivity contribution in [2.75, 3.05) is 19.7 Å². The van der Waals surface area contributed by atoms with E-state index >= 15 is 0 Å². The van der Waals surface area contributed by atoms with Crippen LogP contribution in [0.5, 0.6) is 0 Å². The Labute approximate surface area is 185 Å². The minimum Gasteiger partial charge on any atom is -0.361 e.